The first-order valence-corrected chi connectivity index (χ1v) is 6.12. The summed E-state index contributed by atoms with van der Waals surface area (Å²) in [7, 11) is 0. The summed E-state index contributed by atoms with van der Waals surface area (Å²) in [6.45, 7) is 1.83. The van der Waals surface area contributed by atoms with Crippen molar-refractivity contribution in [3.8, 4) is 0 Å². The predicted octanol–water partition coefficient (Wildman–Crippen LogP) is 4.52. The molecule has 0 aliphatic heterocycles. The molecule has 0 saturated carbocycles. The predicted molar refractivity (Wildman–Crippen MR) is 66.2 cm³/mol. The number of nitrogens with two attached hydrogens (primary N) is 1. The Labute approximate surface area is 107 Å². The second-order valence-corrected chi connectivity index (χ2v) is 4.73. The lowest BCUT2D eigenvalue weighted by molar-refractivity contribution is -0.137. The highest BCUT2D eigenvalue weighted by Gasteiger charge is 2.30. The lowest BCUT2D eigenvalue weighted by Gasteiger charge is -2.10. The number of hydrogen-bond donors (Lipinski definition) is 1. The van der Waals surface area contributed by atoms with E-state index in [-0.39, 0.29) is 5.69 Å². The molecule has 0 radical (unpaired) electrons. The van der Waals surface area contributed by atoms with E-state index in [1.54, 1.807) is 0 Å². The van der Waals surface area contributed by atoms with E-state index in [2.05, 4.69) is 0 Å². The van der Waals surface area contributed by atoms with Gasteiger partial charge in [-0.15, -0.1) is 11.8 Å². The zero-order chi connectivity index (χ0) is 13.1. The van der Waals surface area contributed by atoms with Gasteiger partial charge in [0.1, 0.15) is 0 Å². The zero-order valence-corrected chi connectivity index (χ0v) is 10.6. The number of benzene rings is 1. The molecule has 1 aromatic rings. The lowest BCUT2D eigenvalue weighted by Crippen LogP contribution is -2.05. The molecule has 1 nitrogen and oxygen atoms in total. The van der Waals surface area contributed by atoms with E-state index in [9.17, 15) is 13.2 Å². The van der Waals surface area contributed by atoms with E-state index < -0.39 is 11.7 Å². The molecule has 0 heterocycles. The molecule has 2 N–H and O–H groups in total. The van der Waals surface area contributed by atoms with Gasteiger partial charge in [-0.25, -0.2) is 0 Å². The highest BCUT2D eigenvalue weighted by molar-refractivity contribution is 7.99. The van der Waals surface area contributed by atoms with E-state index in [0.29, 0.717) is 10.6 Å². The first kappa shape index (κ1) is 14.3. The first-order chi connectivity index (χ1) is 7.84. The Morgan fingerprint density at radius 2 is 2.12 bits per heavy atom. The molecule has 0 fully saturated rings. The maximum atomic E-state index is 12.4. The normalized spacial score (nSPS) is 12.9. The van der Waals surface area contributed by atoms with Crippen LogP contribution in [0, 0.1) is 0 Å². The summed E-state index contributed by atoms with van der Waals surface area (Å²) in [5.41, 5.74) is 7.34. The third-order valence-electron chi connectivity index (χ3n) is 1.98. The molecule has 0 atom stereocenters. The van der Waals surface area contributed by atoms with Crippen LogP contribution in [-0.4, -0.2) is 5.75 Å². The van der Waals surface area contributed by atoms with Crippen molar-refractivity contribution in [1.29, 1.82) is 0 Å². The fraction of sp³-hybridized carbons (Fsp3) is 0.273. The second kappa shape index (κ2) is 5.69. The van der Waals surface area contributed by atoms with Crippen molar-refractivity contribution in [2.75, 3.05) is 11.5 Å². The fourth-order valence-electron chi connectivity index (χ4n) is 1.08. The van der Waals surface area contributed by atoms with Gasteiger partial charge in [0.15, 0.2) is 0 Å². The molecule has 0 unspecified atom stereocenters. The van der Waals surface area contributed by atoms with Crippen LogP contribution in [0.5, 0.6) is 0 Å². The van der Waals surface area contributed by atoms with E-state index in [1.807, 2.05) is 6.92 Å². The molecule has 6 heteroatoms. The number of thioether (sulfide) groups is 1. The molecule has 0 saturated heterocycles. The van der Waals surface area contributed by atoms with Crippen molar-refractivity contribution in [2.24, 2.45) is 0 Å². The molecule has 1 rings (SSSR count). The minimum atomic E-state index is -4.36. The molecule has 0 aromatic heterocycles. The van der Waals surface area contributed by atoms with Gasteiger partial charge in [-0.1, -0.05) is 17.2 Å². The molecular formula is C11H11ClF3NS. The largest absolute Gasteiger partial charge is 0.416 e. The molecular weight excluding hydrogens is 271 g/mol. The maximum absolute atomic E-state index is 12.4. The topological polar surface area (TPSA) is 26.0 Å². The van der Waals surface area contributed by atoms with Crippen LogP contribution in [-0.2, 0) is 6.18 Å². The van der Waals surface area contributed by atoms with Crippen molar-refractivity contribution in [3.63, 3.8) is 0 Å². The van der Waals surface area contributed by atoms with Gasteiger partial charge in [0.2, 0.25) is 0 Å². The number of alkyl halides is 3. The highest BCUT2D eigenvalue weighted by atomic mass is 35.5. The minimum absolute atomic E-state index is 0.132. The average Bonchev–Trinajstić information content (AvgIpc) is 2.25. The Balaban J connectivity index is 2.84. The molecule has 0 spiro atoms. The van der Waals surface area contributed by atoms with Crippen LogP contribution < -0.4 is 5.73 Å². The van der Waals surface area contributed by atoms with Crippen LogP contribution in [0.4, 0.5) is 18.9 Å². The first-order valence-electron chi connectivity index (χ1n) is 4.70. The summed E-state index contributed by atoms with van der Waals surface area (Å²) in [5.74, 6) is 0.596. The number of nitrogen functional groups attached to an aromatic ring is 1. The van der Waals surface area contributed by atoms with Gasteiger partial charge in [-0.2, -0.15) is 13.2 Å². The van der Waals surface area contributed by atoms with E-state index in [1.165, 1.54) is 23.4 Å². The van der Waals surface area contributed by atoms with E-state index in [4.69, 9.17) is 17.3 Å². The SMILES string of the molecule is C/C(=C/Cl)CSc1ccc(C(F)(F)F)cc1N. The molecule has 1 aromatic carbocycles. The van der Waals surface area contributed by atoms with E-state index >= 15 is 0 Å². The Morgan fingerprint density at radius 3 is 2.59 bits per heavy atom. The Kier molecular flexibility index (Phi) is 4.77. The number of anilines is 1. The third-order valence-corrected chi connectivity index (χ3v) is 3.63. The van der Waals surface area contributed by atoms with Crippen LogP contribution in [0.3, 0.4) is 0 Å². The fourth-order valence-corrected chi connectivity index (χ4v) is 2.10. The summed E-state index contributed by atoms with van der Waals surface area (Å²) in [5, 5.41) is 0. The van der Waals surface area contributed by atoms with Crippen LogP contribution in [0.15, 0.2) is 34.2 Å². The number of rotatable bonds is 3. The molecule has 0 aliphatic rings. The van der Waals surface area contributed by atoms with Crippen LogP contribution >= 0.6 is 23.4 Å². The van der Waals surface area contributed by atoms with Crippen molar-refractivity contribution in [1.82, 2.24) is 0 Å². The monoisotopic (exact) mass is 281 g/mol. The standard InChI is InChI=1S/C11H11ClF3NS/c1-7(5-12)6-17-10-3-2-8(4-9(10)16)11(13,14)15/h2-5H,6,16H2,1H3/b7-5-. The molecule has 94 valence electrons. The Hall–Kier alpha value is -0.810. The van der Waals surface area contributed by atoms with Crippen molar-refractivity contribution < 1.29 is 13.2 Å². The number of halogens is 4. The van der Waals surface area contributed by atoms with Gasteiger partial charge in [0.05, 0.1) is 5.56 Å². The van der Waals surface area contributed by atoms with E-state index in [0.717, 1.165) is 17.7 Å². The van der Waals surface area contributed by atoms with Gasteiger partial charge >= 0.3 is 6.18 Å². The molecule has 17 heavy (non-hydrogen) atoms. The Morgan fingerprint density at radius 1 is 1.47 bits per heavy atom. The van der Waals surface area contributed by atoms with Gasteiger partial charge in [0, 0.05) is 21.9 Å². The van der Waals surface area contributed by atoms with Crippen molar-refractivity contribution >= 4 is 29.1 Å². The third kappa shape index (κ3) is 4.16. The molecule has 0 bridgehead atoms. The smallest absolute Gasteiger partial charge is 0.398 e. The second-order valence-electron chi connectivity index (χ2n) is 3.49. The van der Waals surface area contributed by atoms with Crippen LogP contribution in [0.25, 0.3) is 0 Å². The summed E-state index contributed by atoms with van der Waals surface area (Å²) in [6, 6.07) is 3.35. The minimum Gasteiger partial charge on any atom is -0.398 e. The average molecular weight is 282 g/mol. The van der Waals surface area contributed by atoms with Gasteiger partial charge in [-0.05, 0) is 25.1 Å². The summed E-state index contributed by atoms with van der Waals surface area (Å²) < 4.78 is 37.1. The summed E-state index contributed by atoms with van der Waals surface area (Å²) in [6.07, 6.45) is -4.36. The van der Waals surface area contributed by atoms with Gasteiger partial charge in [0.25, 0.3) is 0 Å². The summed E-state index contributed by atoms with van der Waals surface area (Å²) >= 11 is 6.84. The van der Waals surface area contributed by atoms with Gasteiger partial charge in [-0.3, -0.25) is 0 Å². The van der Waals surface area contributed by atoms with Crippen LogP contribution in [0.1, 0.15) is 12.5 Å². The van der Waals surface area contributed by atoms with Crippen molar-refractivity contribution in [2.45, 2.75) is 18.0 Å². The lowest BCUT2D eigenvalue weighted by atomic mass is 10.2. The molecule has 0 aliphatic carbocycles. The van der Waals surface area contributed by atoms with Crippen molar-refractivity contribution in [3.05, 3.63) is 34.9 Å². The quantitative estimate of drug-likeness (QED) is 0.651. The maximum Gasteiger partial charge on any atom is 0.416 e. The Bertz CT molecular complexity index is 429. The van der Waals surface area contributed by atoms with Gasteiger partial charge < -0.3 is 5.73 Å². The van der Waals surface area contributed by atoms with Crippen LogP contribution in [0.2, 0.25) is 0 Å². The number of hydrogen-bond acceptors (Lipinski definition) is 2. The zero-order valence-electron chi connectivity index (χ0n) is 9.01. The highest BCUT2D eigenvalue weighted by Crippen LogP contribution is 2.34. The molecule has 0 amide bonds. The summed E-state index contributed by atoms with van der Waals surface area (Å²) in [4.78, 5) is 0.621.